The van der Waals surface area contributed by atoms with E-state index in [9.17, 15) is 8.42 Å². The molecule has 1 aliphatic heterocycles. The van der Waals surface area contributed by atoms with Gasteiger partial charge in [-0.25, -0.2) is 4.72 Å². The largest absolute Gasteiger partial charge is 0.378 e. The maximum atomic E-state index is 11.8. The zero-order valence-corrected chi connectivity index (χ0v) is 11.9. The van der Waals surface area contributed by atoms with Gasteiger partial charge in [-0.1, -0.05) is 0 Å². The van der Waals surface area contributed by atoms with Crippen LogP contribution < -0.4 is 10.5 Å². The van der Waals surface area contributed by atoms with E-state index in [0.29, 0.717) is 26.1 Å². The van der Waals surface area contributed by atoms with Crippen LogP contribution in [0.4, 0.5) is 0 Å². The highest BCUT2D eigenvalue weighted by atomic mass is 32.2. The van der Waals surface area contributed by atoms with E-state index in [1.54, 1.807) is 7.05 Å². The Balaban J connectivity index is 2.23. The molecule has 18 heavy (non-hydrogen) atoms. The van der Waals surface area contributed by atoms with Gasteiger partial charge in [-0.15, -0.1) is 0 Å². The minimum atomic E-state index is -3.36. The molecule has 6 nitrogen and oxygen atoms in total. The van der Waals surface area contributed by atoms with Crippen LogP contribution in [0.2, 0.25) is 0 Å². The predicted octanol–water partition coefficient (Wildman–Crippen LogP) is 0.0606. The van der Waals surface area contributed by atoms with E-state index in [1.807, 2.05) is 0 Å². The number of nitrogens with one attached hydrogen (secondary N) is 1. The summed E-state index contributed by atoms with van der Waals surface area (Å²) in [5.74, 6) is 0. The summed E-state index contributed by atoms with van der Waals surface area (Å²) >= 11 is 0. The van der Waals surface area contributed by atoms with Crippen LogP contribution in [0, 0.1) is 0 Å². The minimum Gasteiger partial charge on any atom is -0.378 e. The van der Waals surface area contributed by atoms with Crippen molar-refractivity contribution in [1.29, 1.82) is 0 Å². The fourth-order valence-electron chi connectivity index (χ4n) is 1.93. The van der Waals surface area contributed by atoms with Crippen LogP contribution >= 0.6 is 0 Å². The highest BCUT2D eigenvalue weighted by molar-refractivity contribution is 7.87. The van der Waals surface area contributed by atoms with E-state index in [2.05, 4.69) is 4.72 Å². The highest BCUT2D eigenvalue weighted by Crippen LogP contribution is 2.14. The van der Waals surface area contributed by atoms with Gasteiger partial charge < -0.3 is 10.5 Å². The maximum absolute atomic E-state index is 11.8. The minimum absolute atomic E-state index is 0.204. The Morgan fingerprint density at radius 1 is 1.44 bits per heavy atom. The summed E-state index contributed by atoms with van der Waals surface area (Å²) in [6, 6.07) is 0. The van der Waals surface area contributed by atoms with Crippen molar-refractivity contribution in [1.82, 2.24) is 9.03 Å². The van der Waals surface area contributed by atoms with Gasteiger partial charge >= 0.3 is 0 Å². The first-order valence-electron chi connectivity index (χ1n) is 6.59. The molecule has 1 aliphatic rings. The summed E-state index contributed by atoms with van der Waals surface area (Å²) in [4.78, 5) is 0. The van der Waals surface area contributed by atoms with Crippen molar-refractivity contribution in [3.05, 3.63) is 0 Å². The Bertz CT molecular complexity index is 315. The number of rotatable bonds is 8. The van der Waals surface area contributed by atoms with E-state index in [0.717, 1.165) is 25.9 Å². The molecule has 0 amide bonds. The van der Waals surface area contributed by atoms with Crippen LogP contribution in [0.3, 0.4) is 0 Å². The summed E-state index contributed by atoms with van der Waals surface area (Å²) in [5.41, 5.74) is 5.36. The number of hydrogen-bond donors (Lipinski definition) is 2. The van der Waals surface area contributed by atoms with Gasteiger partial charge in [-0.2, -0.15) is 12.7 Å². The van der Waals surface area contributed by atoms with Crippen LogP contribution in [0.5, 0.6) is 0 Å². The third-order valence-corrected chi connectivity index (χ3v) is 4.68. The summed E-state index contributed by atoms with van der Waals surface area (Å²) < 4.78 is 33.1. The molecular formula is C11H25N3O3S. The molecule has 3 N–H and O–H groups in total. The monoisotopic (exact) mass is 279 g/mol. The first kappa shape index (κ1) is 15.8. The maximum Gasteiger partial charge on any atom is 0.279 e. The lowest BCUT2D eigenvalue weighted by Crippen LogP contribution is -2.40. The van der Waals surface area contributed by atoms with E-state index in [1.165, 1.54) is 10.7 Å². The Morgan fingerprint density at radius 2 is 2.22 bits per heavy atom. The van der Waals surface area contributed by atoms with Gasteiger partial charge in [0.25, 0.3) is 10.2 Å². The molecule has 0 bridgehead atoms. The van der Waals surface area contributed by atoms with Crippen molar-refractivity contribution in [2.24, 2.45) is 5.73 Å². The molecule has 0 saturated carbocycles. The SMILES string of the molecule is CN(CCCN)S(=O)(=O)NCCC1CCCCO1. The summed E-state index contributed by atoms with van der Waals surface area (Å²) in [6.45, 7) is 2.18. The normalized spacial score (nSPS) is 21.4. The molecule has 108 valence electrons. The van der Waals surface area contributed by atoms with Gasteiger partial charge in [0, 0.05) is 26.7 Å². The molecule has 0 spiro atoms. The third kappa shape index (κ3) is 5.62. The highest BCUT2D eigenvalue weighted by Gasteiger charge is 2.18. The topological polar surface area (TPSA) is 84.7 Å². The molecule has 1 saturated heterocycles. The number of nitrogens with zero attached hydrogens (tertiary/aromatic N) is 1. The van der Waals surface area contributed by atoms with Gasteiger partial charge in [-0.3, -0.25) is 0 Å². The molecule has 0 aromatic heterocycles. The van der Waals surface area contributed by atoms with Gasteiger partial charge in [0.2, 0.25) is 0 Å². The zero-order valence-electron chi connectivity index (χ0n) is 11.1. The van der Waals surface area contributed by atoms with Crippen LogP contribution in [-0.2, 0) is 14.9 Å². The van der Waals surface area contributed by atoms with Gasteiger partial charge in [0.05, 0.1) is 6.10 Å². The van der Waals surface area contributed by atoms with E-state index in [4.69, 9.17) is 10.5 Å². The average molecular weight is 279 g/mol. The molecule has 0 aliphatic carbocycles. The van der Waals surface area contributed by atoms with Crippen molar-refractivity contribution in [3.63, 3.8) is 0 Å². The smallest absolute Gasteiger partial charge is 0.279 e. The lowest BCUT2D eigenvalue weighted by Gasteiger charge is -2.23. The van der Waals surface area contributed by atoms with Crippen molar-refractivity contribution in [2.75, 3.05) is 33.3 Å². The second-order valence-electron chi connectivity index (χ2n) is 4.64. The van der Waals surface area contributed by atoms with Crippen molar-refractivity contribution in [2.45, 2.75) is 38.2 Å². The standard InChI is InChI=1S/C11H25N3O3S/c1-14(9-4-7-12)18(15,16)13-8-6-11-5-2-3-10-17-11/h11,13H,2-10,12H2,1H3. The van der Waals surface area contributed by atoms with Crippen molar-refractivity contribution < 1.29 is 13.2 Å². The Morgan fingerprint density at radius 3 is 2.83 bits per heavy atom. The molecule has 1 fully saturated rings. The van der Waals surface area contributed by atoms with E-state index < -0.39 is 10.2 Å². The van der Waals surface area contributed by atoms with Crippen LogP contribution in [0.15, 0.2) is 0 Å². The van der Waals surface area contributed by atoms with Crippen molar-refractivity contribution >= 4 is 10.2 Å². The molecule has 1 rings (SSSR count). The lowest BCUT2D eigenvalue weighted by atomic mass is 10.1. The number of ether oxygens (including phenoxy) is 1. The third-order valence-electron chi connectivity index (χ3n) is 3.11. The number of hydrogen-bond acceptors (Lipinski definition) is 4. The van der Waals surface area contributed by atoms with Crippen molar-refractivity contribution in [3.8, 4) is 0 Å². The Hall–Kier alpha value is -0.210. The summed E-state index contributed by atoms with van der Waals surface area (Å²) in [5, 5.41) is 0. The van der Waals surface area contributed by atoms with Crippen LogP contribution in [-0.4, -0.2) is 52.1 Å². The second kappa shape index (κ2) is 8.06. The molecule has 7 heteroatoms. The zero-order chi connectivity index (χ0) is 13.4. The Kier molecular flexibility index (Phi) is 7.10. The molecular weight excluding hydrogens is 254 g/mol. The summed E-state index contributed by atoms with van der Waals surface area (Å²) in [7, 11) is -1.80. The fourth-order valence-corrected chi connectivity index (χ4v) is 2.89. The second-order valence-corrected chi connectivity index (χ2v) is 6.50. The van der Waals surface area contributed by atoms with E-state index >= 15 is 0 Å². The molecule has 1 unspecified atom stereocenters. The van der Waals surface area contributed by atoms with E-state index in [-0.39, 0.29) is 6.10 Å². The Labute approximate surface area is 110 Å². The lowest BCUT2D eigenvalue weighted by molar-refractivity contribution is 0.0123. The van der Waals surface area contributed by atoms with Gasteiger partial charge in [0.15, 0.2) is 0 Å². The number of nitrogens with two attached hydrogens (primary N) is 1. The molecule has 1 heterocycles. The van der Waals surface area contributed by atoms with Gasteiger partial charge in [-0.05, 0) is 38.6 Å². The fraction of sp³-hybridized carbons (Fsp3) is 1.00. The average Bonchev–Trinajstić information content (AvgIpc) is 2.37. The summed E-state index contributed by atoms with van der Waals surface area (Å²) in [6.07, 6.45) is 4.94. The van der Waals surface area contributed by atoms with Gasteiger partial charge in [0.1, 0.15) is 0 Å². The predicted molar refractivity (Wildman–Crippen MR) is 71.4 cm³/mol. The first-order valence-corrected chi connectivity index (χ1v) is 8.03. The van der Waals surface area contributed by atoms with Crippen LogP contribution in [0.25, 0.3) is 0 Å². The first-order chi connectivity index (χ1) is 8.56. The molecule has 0 aromatic carbocycles. The molecule has 1 atom stereocenters. The van der Waals surface area contributed by atoms with Crippen LogP contribution in [0.1, 0.15) is 32.1 Å². The molecule has 0 aromatic rings. The molecule has 0 radical (unpaired) electrons. The quantitative estimate of drug-likeness (QED) is 0.658.